The van der Waals surface area contributed by atoms with Gasteiger partial charge in [0.05, 0.1) is 5.69 Å². The molecule has 1 unspecified atom stereocenters. The number of nitrogens with two attached hydrogens (primary N) is 1. The van der Waals surface area contributed by atoms with Gasteiger partial charge in [0.1, 0.15) is 0 Å². The Morgan fingerprint density at radius 3 is 2.71 bits per heavy atom. The molecule has 1 heterocycles. The maximum Gasteiger partial charge on any atom is 0.222 e. The van der Waals surface area contributed by atoms with E-state index < -0.39 is 5.82 Å². The van der Waals surface area contributed by atoms with E-state index in [4.69, 9.17) is 5.73 Å². The Balaban J connectivity index is 2.10. The van der Waals surface area contributed by atoms with Gasteiger partial charge in [-0.05, 0) is 30.2 Å². The van der Waals surface area contributed by atoms with E-state index in [1.165, 1.54) is 0 Å². The van der Waals surface area contributed by atoms with E-state index >= 15 is 0 Å². The van der Waals surface area contributed by atoms with Crippen LogP contribution in [0.15, 0.2) is 18.2 Å². The standard InChI is InChI=1S/C17H25FN2O/c1-17(2,3)13-7-8-15(21)20(10-9-13)11-12-5-4-6-14(19)16(12)18/h4-6,13H,7-11,19H2,1-3H3. The molecule has 2 rings (SSSR count). The molecule has 2 N–H and O–H groups in total. The van der Waals surface area contributed by atoms with Crippen LogP contribution in [-0.4, -0.2) is 17.4 Å². The molecule has 0 saturated carbocycles. The lowest BCUT2D eigenvalue weighted by atomic mass is 9.77. The lowest BCUT2D eigenvalue weighted by molar-refractivity contribution is -0.131. The SMILES string of the molecule is CC(C)(C)C1CCC(=O)N(Cc2cccc(N)c2F)CC1. The first-order valence-electron chi connectivity index (χ1n) is 7.59. The van der Waals surface area contributed by atoms with Crippen molar-refractivity contribution in [2.75, 3.05) is 12.3 Å². The van der Waals surface area contributed by atoms with Crippen LogP contribution in [0.25, 0.3) is 0 Å². The summed E-state index contributed by atoms with van der Waals surface area (Å²) >= 11 is 0. The van der Waals surface area contributed by atoms with Gasteiger partial charge in [0.15, 0.2) is 5.82 Å². The van der Waals surface area contributed by atoms with Crippen LogP contribution in [0.3, 0.4) is 0 Å². The third-order valence-corrected chi connectivity index (χ3v) is 4.50. The third-order valence-electron chi connectivity index (χ3n) is 4.50. The fourth-order valence-electron chi connectivity index (χ4n) is 3.00. The van der Waals surface area contributed by atoms with Crippen molar-refractivity contribution >= 4 is 11.6 Å². The molecular weight excluding hydrogens is 267 g/mol. The lowest BCUT2D eigenvalue weighted by Gasteiger charge is -2.29. The van der Waals surface area contributed by atoms with Crippen molar-refractivity contribution in [3.63, 3.8) is 0 Å². The van der Waals surface area contributed by atoms with Crippen molar-refractivity contribution in [2.45, 2.75) is 46.6 Å². The Bertz CT molecular complexity index is 522. The summed E-state index contributed by atoms with van der Waals surface area (Å²) in [6, 6.07) is 4.97. The minimum Gasteiger partial charge on any atom is -0.396 e. The maximum absolute atomic E-state index is 14.0. The number of carbonyl (C=O) groups excluding carboxylic acids is 1. The van der Waals surface area contributed by atoms with Crippen LogP contribution in [0.4, 0.5) is 10.1 Å². The Kier molecular flexibility index (Phi) is 4.55. The number of amides is 1. The summed E-state index contributed by atoms with van der Waals surface area (Å²) in [5.74, 6) is 0.239. The van der Waals surface area contributed by atoms with Gasteiger partial charge in [-0.2, -0.15) is 0 Å². The molecule has 0 bridgehead atoms. The highest BCUT2D eigenvalue weighted by molar-refractivity contribution is 5.76. The van der Waals surface area contributed by atoms with Crippen LogP contribution in [0.2, 0.25) is 0 Å². The van der Waals surface area contributed by atoms with Crippen molar-refractivity contribution in [2.24, 2.45) is 11.3 Å². The second kappa shape index (κ2) is 6.04. The van der Waals surface area contributed by atoms with E-state index in [1.54, 1.807) is 23.1 Å². The normalized spacial score (nSPS) is 20.5. The van der Waals surface area contributed by atoms with Gasteiger partial charge in [-0.1, -0.05) is 32.9 Å². The predicted molar refractivity (Wildman–Crippen MR) is 83.0 cm³/mol. The fraction of sp³-hybridized carbons (Fsp3) is 0.588. The molecule has 4 heteroatoms. The number of hydrogen-bond acceptors (Lipinski definition) is 2. The number of likely N-dealkylation sites (tertiary alicyclic amines) is 1. The zero-order chi connectivity index (χ0) is 15.6. The Hall–Kier alpha value is -1.58. The van der Waals surface area contributed by atoms with Gasteiger partial charge in [0.2, 0.25) is 5.91 Å². The first-order valence-corrected chi connectivity index (χ1v) is 7.59. The molecule has 1 fully saturated rings. The summed E-state index contributed by atoms with van der Waals surface area (Å²) in [5.41, 5.74) is 6.44. The number of carbonyl (C=O) groups is 1. The highest BCUT2D eigenvalue weighted by Gasteiger charge is 2.30. The summed E-state index contributed by atoms with van der Waals surface area (Å²) < 4.78 is 14.0. The van der Waals surface area contributed by atoms with Gasteiger partial charge in [-0.15, -0.1) is 0 Å². The first-order chi connectivity index (χ1) is 9.79. The van der Waals surface area contributed by atoms with Crippen LogP contribution in [0, 0.1) is 17.2 Å². The summed E-state index contributed by atoms with van der Waals surface area (Å²) in [5, 5.41) is 0. The van der Waals surface area contributed by atoms with Crippen molar-refractivity contribution < 1.29 is 9.18 Å². The molecule has 21 heavy (non-hydrogen) atoms. The Labute approximate surface area is 126 Å². The summed E-state index contributed by atoms with van der Waals surface area (Å²) in [4.78, 5) is 14.0. The predicted octanol–water partition coefficient (Wildman–Crippen LogP) is 3.58. The van der Waals surface area contributed by atoms with E-state index in [0.29, 0.717) is 31.0 Å². The molecule has 0 aliphatic carbocycles. The molecule has 0 aromatic heterocycles. The average Bonchev–Trinajstić information content (AvgIpc) is 2.57. The van der Waals surface area contributed by atoms with E-state index in [0.717, 1.165) is 12.8 Å². The Morgan fingerprint density at radius 1 is 1.33 bits per heavy atom. The highest BCUT2D eigenvalue weighted by Crippen LogP contribution is 2.35. The molecule has 0 spiro atoms. The third kappa shape index (κ3) is 3.74. The molecule has 1 aliphatic heterocycles. The molecule has 1 atom stereocenters. The van der Waals surface area contributed by atoms with Gasteiger partial charge in [0.25, 0.3) is 0 Å². The number of anilines is 1. The van der Waals surface area contributed by atoms with Gasteiger partial charge >= 0.3 is 0 Å². The molecule has 1 aromatic carbocycles. The van der Waals surface area contributed by atoms with Crippen molar-refractivity contribution in [3.8, 4) is 0 Å². The number of nitrogen functional groups attached to an aromatic ring is 1. The van der Waals surface area contributed by atoms with E-state index in [-0.39, 0.29) is 17.0 Å². The van der Waals surface area contributed by atoms with Crippen LogP contribution in [-0.2, 0) is 11.3 Å². The van der Waals surface area contributed by atoms with Crippen molar-refractivity contribution in [1.29, 1.82) is 0 Å². The summed E-state index contributed by atoms with van der Waals surface area (Å²) in [6.07, 6.45) is 2.43. The van der Waals surface area contributed by atoms with Gasteiger partial charge in [0, 0.05) is 25.1 Å². The minimum absolute atomic E-state index is 0.114. The van der Waals surface area contributed by atoms with Crippen LogP contribution in [0.5, 0.6) is 0 Å². The smallest absolute Gasteiger partial charge is 0.222 e. The molecule has 116 valence electrons. The number of nitrogens with zero attached hydrogens (tertiary/aromatic N) is 1. The van der Waals surface area contributed by atoms with E-state index in [1.807, 2.05) is 0 Å². The number of benzene rings is 1. The zero-order valence-electron chi connectivity index (χ0n) is 13.2. The fourth-order valence-corrected chi connectivity index (χ4v) is 3.00. The molecule has 1 aliphatic rings. The average molecular weight is 292 g/mol. The van der Waals surface area contributed by atoms with E-state index in [9.17, 15) is 9.18 Å². The van der Waals surface area contributed by atoms with Crippen molar-refractivity contribution in [1.82, 2.24) is 4.90 Å². The highest BCUT2D eigenvalue weighted by atomic mass is 19.1. The topological polar surface area (TPSA) is 46.3 Å². The van der Waals surface area contributed by atoms with Crippen LogP contribution < -0.4 is 5.73 Å². The minimum atomic E-state index is -0.401. The molecule has 1 aromatic rings. The zero-order valence-corrected chi connectivity index (χ0v) is 13.2. The molecule has 1 amide bonds. The second-order valence-corrected chi connectivity index (χ2v) is 7.03. The largest absolute Gasteiger partial charge is 0.396 e. The van der Waals surface area contributed by atoms with Gasteiger partial charge in [-0.3, -0.25) is 4.79 Å². The number of halogens is 1. The number of hydrogen-bond donors (Lipinski definition) is 1. The molecule has 3 nitrogen and oxygen atoms in total. The van der Waals surface area contributed by atoms with Crippen LogP contribution in [0.1, 0.15) is 45.6 Å². The monoisotopic (exact) mass is 292 g/mol. The maximum atomic E-state index is 14.0. The Morgan fingerprint density at radius 2 is 2.05 bits per heavy atom. The lowest BCUT2D eigenvalue weighted by Crippen LogP contribution is -2.30. The number of rotatable bonds is 2. The van der Waals surface area contributed by atoms with Crippen molar-refractivity contribution in [3.05, 3.63) is 29.6 Å². The summed E-state index contributed by atoms with van der Waals surface area (Å²) in [7, 11) is 0. The molecule has 1 saturated heterocycles. The van der Waals surface area contributed by atoms with Gasteiger partial charge in [-0.25, -0.2) is 4.39 Å². The van der Waals surface area contributed by atoms with Gasteiger partial charge < -0.3 is 10.6 Å². The first kappa shape index (κ1) is 15.8. The molecule has 0 radical (unpaired) electrons. The van der Waals surface area contributed by atoms with Crippen LogP contribution >= 0.6 is 0 Å². The van der Waals surface area contributed by atoms with E-state index in [2.05, 4.69) is 20.8 Å². The quantitative estimate of drug-likeness (QED) is 0.847. The molecular formula is C17H25FN2O. The second-order valence-electron chi connectivity index (χ2n) is 7.03. The summed E-state index contributed by atoms with van der Waals surface area (Å²) in [6.45, 7) is 7.65.